The number of aromatic nitrogens is 1. The zero-order valence-corrected chi connectivity index (χ0v) is 9.86. The highest BCUT2D eigenvalue weighted by Crippen LogP contribution is 2.02. The summed E-state index contributed by atoms with van der Waals surface area (Å²) in [6.07, 6.45) is 8.27. The minimum Gasteiger partial charge on any atom is -0.290 e. The van der Waals surface area contributed by atoms with Crippen molar-refractivity contribution in [3.63, 3.8) is 0 Å². The fourth-order valence-corrected chi connectivity index (χ4v) is 1.44. The van der Waals surface area contributed by atoms with Gasteiger partial charge in [-0.05, 0) is 35.9 Å². The maximum absolute atomic E-state index is 11.6. The number of carbonyl (C=O) groups excluding carboxylic acids is 1. The van der Waals surface area contributed by atoms with Gasteiger partial charge in [-0.15, -0.1) is 0 Å². The van der Waals surface area contributed by atoms with Gasteiger partial charge in [-0.25, -0.2) is 0 Å². The van der Waals surface area contributed by atoms with Crippen LogP contribution in [0, 0.1) is 0 Å². The van der Waals surface area contributed by atoms with Crippen LogP contribution in [0.15, 0.2) is 66.9 Å². The Morgan fingerprint density at radius 2 is 1.61 bits per heavy atom. The van der Waals surface area contributed by atoms with Crippen molar-refractivity contribution in [3.8, 4) is 0 Å². The molecule has 0 aliphatic rings. The Hall–Kier alpha value is -2.48. The molecular formula is C16H13NO. The topological polar surface area (TPSA) is 30.0 Å². The molecule has 0 aliphatic carbocycles. The summed E-state index contributed by atoms with van der Waals surface area (Å²) in [6.45, 7) is 0. The van der Waals surface area contributed by atoms with Gasteiger partial charge in [0.05, 0.1) is 5.69 Å². The summed E-state index contributed by atoms with van der Waals surface area (Å²) in [5, 5.41) is 0. The van der Waals surface area contributed by atoms with Gasteiger partial charge >= 0.3 is 0 Å². The van der Waals surface area contributed by atoms with Gasteiger partial charge in [0.1, 0.15) is 0 Å². The first-order valence-electron chi connectivity index (χ1n) is 5.71. The molecule has 88 valence electrons. The molecule has 0 saturated carbocycles. The SMILES string of the molecule is O=C(C=Cc1ccccc1)C=Cc1ccccn1. The number of allylic oxidation sites excluding steroid dienone is 2. The second-order valence-electron chi connectivity index (χ2n) is 3.73. The maximum atomic E-state index is 11.6. The van der Waals surface area contributed by atoms with Crippen LogP contribution in [0.3, 0.4) is 0 Å². The van der Waals surface area contributed by atoms with E-state index < -0.39 is 0 Å². The lowest BCUT2D eigenvalue weighted by molar-refractivity contribution is -0.110. The van der Waals surface area contributed by atoms with Crippen LogP contribution in [-0.4, -0.2) is 10.8 Å². The normalized spacial score (nSPS) is 11.1. The number of benzene rings is 1. The molecule has 1 heterocycles. The fourth-order valence-electron chi connectivity index (χ4n) is 1.44. The van der Waals surface area contributed by atoms with Crippen LogP contribution in [0.25, 0.3) is 12.2 Å². The minimum atomic E-state index is -0.0514. The molecule has 0 amide bonds. The van der Waals surface area contributed by atoms with Gasteiger partial charge in [0.15, 0.2) is 5.78 Å². The van der Waals surface area contributed by atoms with E-state index in [4.69, 9.17) is 0 Å². The molecule has 0 atom stereocenters. The van der Waals surface area contributed by atoms with Gasteiger partial charge in [0.2, 0.25) is 0 Å². The van der Waals surface area contributed by atoms with E-state index in [-0.39, 0.29) is 5.78 Å². The minimum absolute atomic E-state index is 0.0514. The molecule has 0 spiro atoms. The molecule has 0 fully saturated rings. The molecule has 0 aliphatic heterocycles. The van der Waals surface area contributed by atoms with E-state index in [0.717, 1.165) is 11.3 Å². The summed E-state index contributed by atoms with van der Waals surface area (Å²) >= 11 is 0. The lowest BCUT2D eigenvalue weighted by atomic mass is 10.2. The molecule has 0 saturated heterocycles. The highest BCUT2D eigenvalue weighted by molar-refractivity contribution is 6.04. The number of pyridine rings is 1. The standard InChI is InChI=1S/C16H13NO/c18-16(11-9-14-6-2-1-3-7-14)12-10-15-8-4-5-13-17-15/h1-13H. The van der Waals surface area contributed by atoms with E-state index in [2.05, 4.69) is 4.98 Å². The number of carbonyl (C=O) groups is 1. The number of nitrogens with zero attached hydrogens (tertiary/aromatic N) is 1. The lowest BCUT2D eigenvalue weighted by Gasteiger charge is -1.90. The second-order valence-corrected chi connectivity index (χ2v) is 3.73. The molecule has 0 radical (unpaired) electrons. The van der Waals surface area contributed by atoms with Crippen molar-refractivity contribution < 1.29 is 4.79 Å². The molecule has 0 bridgehead atoms. The number of rotatable bonds is 4. The zero-order chi connectivity index (χ0) is 12.6. The summed E-state index contributed by atoms with van der Waals surface area (Å²) in [5.41, 5.74) is 1.79. The predicted molar refractivity (Wildman–Crippen MR) is 73.8 cm³/mol. The first-order valence-corrected chi connectivity index (χ1v) is 5.71. The Morgan fingerprint density at radius 1 is 0.889 bits per heavy atom. The maximum Gasteiger partial charge on any atom is 0.178 e. The number of hydrogen-bond donors (Lipinski definition) is 0. The summed E-state index contributed by atoms with van der Waals surface area (Å²) < 4.78 is 0. The zero-order valence-electron chi connectivity index (χ0n) is 9.86. The smallest absolute Gasteiger partial charge is 0.178 e. The van der Waals surface area contributed by atoms with E-state index in [1.165, 1.54) is 6.08 Å². The van der Waals surface area contributed by atoms with Gasteiger partial charge in [0, 0.05) is 6.20 Å². The van der Waals surface area contributed by atoms with E-state index in [9.17, 15) is 4.79 Å². The molecule has 1 aromatic carbocycles. The molecule has 2 aromatic rings. The van der Waals surface area contributed by atoms with Crippen LogP contribution < -0.4 is 0 Å². The quantitative estimate of drug-likeness (QED) is 0.760. The van der Waals surface area contributed by atoms with Crippen molar-refractivity contribution in [2.75, 3.05) is 0 Å². The summed E-state index contributed by atoms with van der Waals surface area (Å²) in [5.74, 6) is -0.0514. The Labute approximate surface area is 106 Å². The van der Waals surface area contributed by atoms with Crippen molar-refractivity contribution in [2.45, 2.75) is 0 Å². The molecule has 18 heavy (non-hydrogen) atoms. The molecule has 2 heteroatoms. The van der Waals surface area contributed by atoms with Crippen LogP contribution in [0.2, 0.25) is 0 Å². The fraction of sp³-hybridized carbons (Fsp3) is 0. The first kappa shape index (κ1) is 12.0. The number of ketones is 1. The average Bonchev–Trinajstić information content (AvgIpc) is 2.45. The third-order valence-corrected chi connectivity index (χ3v) is 2.35. The van der Waals surface area contributed by atoms with E-state index >= 15 is 0 Å². The largest absolute Gasteiger partial charge is 0.290 e. The molecule has 0 N–H and O–H groups in total. The van der Waals surface area contributed by atoms with Gasteiger partial charge < -0.3 is 0 Å². The average molecular weight is 235 g/mol. The Balaban J connectivity index is 1.97. The van der Waals surface area contributed by atoms with Crippen molar-refractivity contribution in [2.24, 2.45) is 0 Å². The second kappa shape index (κ2) is 6.30. The molecule has 0 unspecified atom stereocenters. The van der Waals surface area contributed by atoms with E-state index in [1.807, 2.05) is 48.5 Å². The predicted octanol–water partition coefficient (Wildman–Crippen LogP) is 3.38. The van der Waals surface area contributed by atoms with Crippen molar-refractivity contribution in [1.82, 2.24) is 4.98 Å². The van der Waals surface area contributed by atoms with Crippen LogP contribution >= 0.6 is 0 Å². The summed E-state index contributed by atoms with van der Waals surface area (Å²) in [6, 6.07) is 15.3. The highest BCUT2D eigenvalue weighted by Gasteiger charge is 1.90. The summed E-state index contributed by atoms with van der Waals surface area (Å²) in [4.78, 5) is 15.7. The van der Waals surface area contributed by atoms with Crippen LogP contribution in [0.4, 0.5) is 0 Å². The van der Waals surface area contributed by atoms with Crippen molar-refractivity contribution >= 4 is 17.9 Å². The van der Waals surface area contributed by atoms with Crippen LogP contribution in [0.5, 0.6) is 0 Å². The Kier molecular flexibility index (Phi) is 4.20. The van der Waals surface area contributed by atoms with Crippen molar-refractivity contribution in [1.29, 1.82) is 0 Å². The third kappa shape index (κ3) is 3.83. The lowest BCUT2D eigenvalue weighted by Crippen LogP contribution is -1.85. The molecular weight excluding hydrogens is 222 g/mol. The van der Waals surface area contributed by atoms with Gasteiger partial charge in [0.25, 0.3) is 0 Å². The summed E-state index contributed by atoms with van der Waals surface area (Å²) in [7, 11) is 0. The first-order chi connectivity index (χ1) is 8.84. The third-order valence-electron chi connectivity index (χ3n) is 2.35. The molecule has 2 nitrogen and oxygen atoms in total. The van der Waals surface area contributed by atoms with Crippen LogP contribution in [0.1, 0.15) is 11.3 Å². The van der Waals surface area contributed by atoms with Crippen LogP contribution in [-0.2, 0) is 4.79 Å². The van der Waals surface area contributed by atoms with Gasteiger partial charge in [-0.3, -0.25) is 9.78 Å². The number of hydrogen-bond acceptors (Lipinski definition) is 2. The van der Waals surface area contributed by atoms with E-state index in [1.54, 1.807) is 24.4 Å². The monoisotopic (exact) mass is 235 g/mol. The Bertz CT molecular complexity index is 505. The van der Waals surface area contributed by atoms with Crippen molar-refractivity contribution in [3.05, 3.63) is 78.1 Å². The highest BCUT2D eigenvalue weighted by atomic mass is 16.1. The van der Waals surface area contributed by atoms with Gasteiger partial charge in [-0.2, -0.15) is 0 Å². The molecule has 2 rings (SSSR count). The van der Waals surface area contributed by atoms with Gasteiger partial charge in [-0.1, -0.05) is 42.5 Å². The Morgan fingerprint density at radius 3 is 2.33 bits per heavy atom. The van der Waals surface area contributed by atoms with E-state index in [0.29, 0.717) is 0 Å². The molecule has 1 aromatic heterocycles.